The fourth-order valence-corrected chi connectivity index (χ4v) is 3.43. The van der Waals surface area contributed by atoms with Crippen LogP contribution in [0.15, 0.2) is 12.5 Å². The highest BCUT2D eigenvalue weighted by molar-refractivity contribution is 5.95. The largest absolute Gasteiger partial charge is 0.481 e. The van der Waals surface area contributed by atoms with Crippen molar-refractivity contribution in [2.24, 2.45) is 5.92 Å². The molecule has 4 atom stereocenters. The summed E-state index contributed by atoms with van der Waals surface area (Å²) in [6, 6.07) is -4.25. The first kappa shape index (κ1) is 25.8. The lowest BCUT2D eigenvalue weighted by Gasteiger charge is -2.26. The summed E-state index contributed by atoms with van der Waals surface area (Å²) in [6.07, 6.45) is 3.44. The first-order valence-corrected chi connectivity index (χ1v) is 10.6. The van der Waals surface area contributed by atoms with Crippen LogP contribution in [0.5, 0.6) is 0 Å². The van der Waals surface area contributed by atoms with E-state index in [0.717, 1.165) is 6.42 Å². The van der Waals surface area contributed by atoms with E-state index < -0.39 is 54.3 Å². The Bertz CT molecular complexity index is 851. The first-order valence-electron chi connectivity index (χ1n) is 10.6. The number of aromatic nitrogens is 2. The van der Waals surface area contributed by atoms with Crippen LogP contribution in [0.4, 0.5) is 0 Å². The molecule has 182 valence electrons. The Morgan fingerprint density at radius 1 is 1.09 bits per heavy atom. The molecule has 0 aliphatic carbocycles. The van der Waals surface area contributed by atoms with Gasteiger partial charge in [-0.3, -0.25) is 19.2 Å². The number of H-pyrrole nitrogens is 1. The summed E-state index contributed by atoms with van der Waals surface area (Å²) in [5.41, 5.74) is 0.487. The minimum Gasteiger partial charge on any atom is -0.481 e. The van der Waals surface area contributed by atoms with Gasteiger partial charge in [-0.05, 0) is 25.3 Å². The third-order valence-corrected chi connectivity index (χ3v) is 5.23. The number of hydrogen-bond acceptors (Lipinski definition) is 7. The van der Waals surface area contributed by atoms with E-state index in [1.807, 2.05) is 0 Å². The fraction of sp³-hybridized carbons (Fsp3) is 0.600. The van der Waals surface area contributed by atoms with Gasteiger partial charge in [0.05, 0.1) is 18.8 Å². The zero-order chi connectivity index (χ0) is 24.5. The normalized spacial score (nSPS) is 18.2. The second kappa shape index (κ2) is 11.9. The molecule has 2 heterocycles. The highest BCUT2D eigenvalue weighted by atomic mass is 16.4. The highest BCUT2D eigenvalue weighted by Gasteiger charge is 2.33. The van der Waals surface area contributed by atoms with Crippen LogP contribution < -0.4 is 21.3 Å². The Morgan fingerprint density at radius 2 is 1.79 bits per heavy atom. The maximum absolute atomic E-state index is 13.0. The van der Waals surface area contributed by atoms with Crippen molar-refractivity contribution >= 4 is 29.7 Å². The first-order chi connectivity index (χ1) is 15.6. The smallest absolute Gasteiger partial charge is 0.326 e. The molecule has 1 aromatic heterocycles. The minimum absolute atomic E-state index is 0.0556. The van der Waals surface area contributed by atoms with Gasteiger partial charge < -0.3 is 36.5 Å². The molecule has 1 aliphatic rings. The van der Waals surface area contributed by atoms with Gasteiger partial charge in [-0.2, -0.15) is 0 Å². The SMILES string of the molecule is CC(C)C(NC(=O)C1CCCN1)C(=O)NC(Cc1cnc[nH]1)C(=O)NC(CC(=O)O)C(=O)O. The lowest BCUT2D eigenvalue weighted by Crippen LogP contribution is -2.59. The van der Waals surface area contributed by atoms with Crippen molar-refractivity contribution in [2.45, 2.75) is 63.7 Å². The van der Waals surface area contributed by atoms with Crippen molar-refractivity contribution in [3.63, 3.8) is 0 Å². The number of carboxylic acid groups (broad SMARTS) is 2. The number of carbonyl (C=O) groups excluding carboxylic acids is 3. The molecular formula is C20H30N6O7. The summed E-state index contributed by atoms with van der Waals surface area (Å²) in [7, 11) is 0. The van der Waals surface area contributed by atoms with E-state index in [1.165, 1.54) is 12.5 Å². The average Bonchev–Trinajstić information content (AvgIpc) is 3.44. The van der Waals surface area contributed by atoms with Crippen LogP contribution >= 0.6 is 0 Å². The van der Waals surface area contributed by atoms with Crippen LogP contribution in [0.25, 0.3) is 0 Å². The van der Waals surface area contributed by atoms with E-state index in [1.54, 1.807) is 13.8 Å². The van der Waals surface area contributed by atoms with Gasteiger partial charge in [-0.1, -0.05) is 13.8 Å². The number of carbonyl (C=O) groups is 5. The van der Waals surface area contributed by atoms with Gasteiger partial charge in [-0.25, -0.2) is 9.78 Å². The summed E-state index contributed by atoms with van der Waals surface area (Å²) in [5, 5.41) is 28.6. The Labute approximate surface area is 190 Å². The van der Waals surface area contributed by atoms with Crippen LogP contribution in [0, 0.1) is 5.92 Å². The number of carboxylic acids is 2. The Balaban J connectivity index is 2.14. The molecule has 2 rings (SSSR count). The molecule has 0 spiro atoms. The van der Waals surface area contributed by atoms with Crippen LogP contribution in [-0.2, 0) is 30.4 Å². The van der Waals surface area contributed by atoms with Crippen molar-refractivity contribution < 1.29 is 34.2 Å². The van der Waals surface area contributed by atoms with Crippen LogP contribution in [0.2, 0.25) is 0 Å². The van der Waals surface area contributed by atoms with E-state index >= 15 is 0 Å². The molecule has 1 fully saturated rings. The molecule has 0 radical (unpaired) electrons. The molecule has 0 aromatic carbocycles. The molecule has 0 saturated carbocycles. The maximum Gasteiger partial charge on any atom is 0.326 e. The predicted octanol–water partition coefficient (Wildman–Crippen LogP) is -1.63. The van der Waals surface area contributed by atoms with Crippen LogP contribution in [-0.4, -0.2) is 80.6 Å². The predicted molar refractivity (Wildman–Crippen MR) is 114 cm³/mol. The Kier molecular flexibility index (Phi) is 9.33. The maximum atomic E-state index is 13.0. The van der Waals surface area contributed by atoms with Crippen molar-refractivity contribution in [1.82, 2.24) is 31.2 Å². The van der Waals surface area contributed by atoms with Gasteiger partial charge in [0.2, 0.25) is 17.7 Å². The number of amides is 3. The van der Waals surface area contributed by atoms with Gasteiger partial charge in [-0.15, -0.1) is 0 Å². The molecule has 1 aromatic rings. The number of nitrogens with one attached hydrogen (secondary N) is 5. The number of aliphatic carboxylic acids is 2. The van der Waals surface area contributed by atoms with Gasteiger partial charge >= 0.3 is 11.9 Å². The number of hydrogen-bond donors (Lipinski definition) is 7. The summed E-state index contributed by atoms with van der Waals surface area (Å²) in [4.78, 5) is 67.2. The van der Waals surface area contributed by atoms with Crippen molar-refractivity contribution in [3.05, 3.63) is 18.2 Å². The quantitative estimate of drug-likeness (QED) is 0.189. The Hall–Kier alpha value is -3.48. The highest BCUT2D eigenvalue weighted by Crippen LogP contribution is 2.09. The van der Waals surface area contributed by atoms with Crippen molar-refractivity contribution in [2.75, 3.05) is 6.54 Å². The van der Waals surface area contributed by atoms with Gasteiger partial charge in [0.25, 0.3) is 0 Å². The lowest BCUT2D eigenvalue weighted by molar-refractivity contribution is -0.147. The summed E-state index contributed by atoms with van der Waals surface area (Å²) in [5.74, 6) is -5.04. The summed E-state index contributed by atoms with van der Waals surface area (Å²) < 4.78 is 0. The molecule has 3 amide bonds. The zero-order valence-electron chi connectivity index (χ0n) is 18.5. The molecule has 1 aliphatic heterocycles. The average molecular weight is 466 g/mol. The van der Waals surface area contributed by atoms with E-state index in [9.17, 15) is 29.1 Å². The van der Waals surface area contributed by atoms with Gasteiger partial charge in [0.15, 0.2) is 0 Å². The molecule has 4 unspecified atom stereocenters. The second-order valence-electron chi connectivity index (χ2n) is 8.22. The number of rotatable bonds is 12. The van der Waals surface area contributed by atoms with E-state index in [4.69, 9.17) is 5.11 Å². The molecule has 0 bridgehead atoms. The minimum atomic E-state index is -1.68. The monoisotopic (exact) mass is 466 g/mol. The molecule has 13 heteroatoms. The number of nitrogens with zero attached hydrogens (tertiary/aromatic N) is 1. The van der Waals surface area contributed by atoms with Crippen LogP contribution in [0.1, 0.15) is 38.8 Å². The Morgan fingerprint density at radius 3 is 2.30 bits per heavy atom. The summed E-state index contributed by atoms with van der Waals surface area (Å²) >= 11 is 0. The molecule has 13 nitrogen and oxygen atoms in total. The molecular weight excluding hydrogens is 436 g/mol. The third kappa shape index (κ3) is 7.86. The zero-order valence-corrected chi connectivity index (χ0v) is 18.5. The molecule has 33 heavy (non-hydrogen) atoms. The third-order valence-electron chi connectivity index (χ3n) is 5.23. The van der Waals surface area contributed by atoms with Crippen molar-refractivity contribution in [1.29, 1.82) is 0 Å². The van der Waals surface area contributed by atoms with E-state index in [-0.39, 0.29) is 18.2 Å². The standard InChI is InChI=1S/C20H30N6O7/c1-10(2)16(26-17(29)12-4-3-5-22-12)19(31)24-13(6-11-8-21-9-23-11)18(30)25-14(20(32)33)7-15(27)28/h8-10,12-14,16,22H,3-7H2,1-2H3,(H,21,23)(H,24,31)(H,25,30)(H,26,29)(H,27,28)(H,32,33). The number of aromatic amines is 1. The molecule has 7 N–H and O–H groups in total. The molecule has 1 saturated heterocycles. The van der Waals surface area contributed by atoms with E-state index in [2.05, 4.69) is 31.2 Å². The second-order valence-corrected chi connectivity index (χ2v) is 8.22. The summed E-state index contributed by atoms with van der Waals surface area (Å²) in [6.45, 7) is 4.19. The van der Waals surface area contributed by atoms with Gasteiger partial charge in [0.1, 0.15) is 18.1 Å². The number of imidazole rings is 1. The van der Waals surface area contributed by atoms with Gasteiger partial charge in [0, 0.05) is 18.3 Å². The topological polar surface area (TPSA) is 203 Å². The lowest BCUT2D eigenvalue weighted by atomic mass is 10.0. The van der Waals surface area contributed by atoms with Crippen molar-refractivity contribution in [3.8, 4) is 0 Å². The van der Waals surface area contributed by atoms with E-state index in [0.29, 0.717) is 18.7 Å². The fourth-order valence-electron chi connectivity index (χ4n) is 3.43. The van der Waals surface area contributed by atoms with Crippen LogP contribution in [0.3, 0.4) is 0 Å².